The van der Waals surface area contributed by atoms with E-state index in [2.05, 4.69) is 21.2 Å². The van der Waals surface area contributed by atoms with Crippen molar-refractivity contribution >= 4 is 21.6 Å². The quantitative estimate of drug-likeness (QED) is 0.746. The van der Waals surface area contributed by atoms with Gasteiger partial charge in [0.25, 0.3) is 0 Å². The number of phenols is 2. The SMILES string of the molecule is Cc1cc(NCc2cc(Br)ccc2O)c(C)cc1O. The van der Waals surface area contributed by atoms with E-state index < -0.39 is 0 Å². The van der Waals surface area contributed by atoms with Crippen LogP contribution in [0.25, 0.3) is 0 Å². The summed E-state index contributed by atoms with van der Waals surface area (Å²) in [4.78, 5) is 0. The van der Waals surface area contributed by atoms with Crippen LogP contribution in [0.1, 0.15) is 16.7 Å². The highest BCUT2D eigenvalue weighted by Gasteiger charge is 2.05. The molecule has 4 heteroatoms. The normalized spacial score (nSPS) is 10.5. The van der Waals surface area contributed by atoms with Gasteiger partial charge >= 0.3 is 0 Å². The first-order chi connectivity index (χ1) is 8.97. The number of rotatable bonds is 3. The standard InChI is InChI=1S/C15H16BrNO2/c1-9-6-15(19)10(2)5-13(9)17-8-11-7-12(16)3-4-14(11)18/h3-7,17-19H,8H2,1-2H3. The average Bonchev–Trinajstić information content (AvgIpc) is 2.36. The fourth-order valence-corrected chi connectivity index (χ4v) is 2.29. The Morgan fingerprint density at radius 3 is 2.47 bits per heavy atom. The zero-order chi connectivity index (χ0) is 14.0. The lowest BCUT2D eigenvalue weighted by Gasteiger charge is -2.12. The highest BCUT2D eigenvalue weighted by Crippen LogP contribution is 2.27. The van der Waals surface area contributed by atoms with Gasteiger partial charge in [0.2, 0.25) is 0 Å². The van der Waals surface area contributed by atoms with Crippen LogP contribution in [0.4, 0.5) is 5.69 Å². The van der Waals surface area contributed by atoms with Crippen molar-refractivity contribution in [1.82, 2.24) is 0 Å². The third-order valence-corrected chi connectivity index (χ3v) is 3.55. The summed E-state index contributed by atoms with van der Waals surface area (Å²) >= 11 is 3.39. The van der Waals surface area contributed by atoms with Crippen LogP contribution in [0.2, 0.25) is 0 Å². The Balaban J connectivity index is 2.19. The molecule has 2 aromatic rings. The number of hydrogen-bond donors (Lipinski definition) is 3. The Kier molecular flexibility index (Phi) is 4.00. The van der Waals surface area contributed by atoms with Gasteiger partial charge < -0.3 is 15.5 Å². The first-order valence-corrected chi connectivity index (χ1v) is 6.78. The minimum Gasteiger partial charge on any atom is -0.508 e. The van der Waals surface area contributed by atoms with Crippen LogP contribution >= 0.6 is 15.9 Å². The third kappa shape index (κ3) is 3.20. The maximum absolute atomic E-state index is 9.78. The number of hydrogen-bond acceptors (Lipinski definition) is 3. The molecule has 0 amide bonds. The second kappa shape index (κ2) is 5.53. The number of phenolic OH excluding ortho intramolecular Hbond substituents is 2. The fourth-order valence-electron chi connectivity index (χ4n) is 1.88. The first kappa shape index (κ1) is 13.7. The van der Waals surface area contributed by atoms with Crippen LogP contribution in [0.5, 0.6) is 11.5 Å². The summed E-state index contributed by atoms with van der Waals surface area (Å²) in [6, 6.07) is 8.98. The van der Waals surface area contributed by atoms with Gasteiger partial charge in [-0.05, 0) is 55.3 Å². The molecule has 0 spiro atoms. The maximum Gasteiger partial charge on any atom is 0.120 e. The molecule has 0 aromatic heterocycles. The Labute approximate surface area is 121 Å². The predicted molar refractivity (Wildman–Crippen MR) is 80.7 cm³/mol. The highest BCUT2D eigenvalue weighted by atomic mass is 79.9. The van der Waals surface area contributed by atoms with Gasteiger partial charge in [0.1, 0.15) is 11.5 Å². The zero-order valence-corrected chi connectivity index (χ0v) is 12.5. The third-order valence-electron chi connectivity index (χ3n) is 3.05. The van der Waals surface area contributed by atoms with Crippen molar-refractivity contribution in [3.8, 4) is 11.5 Å². The second-order valence-corrected chi connectivity index (χ2v) is 5.50. The molecular weight excluding hydrogens is 306 g/mol. The molecular formula is C15H16BrNO2. The molecule has 0 aliphatic rings. The van der Waals surface area contributed by atoms with Gasteiger partial charge in [-0.1, -0.05) is 15.9 Å². The molecule has 0 atom stereocenters. The van der Waals surface area contributed by atoms with Gasteiger partial charge in [-0.3, -0.25) is 0 Å². The molecule has 0 heterocycles. The predicted octanol–water partition coefficient (Wildman–Crippen LogP) is 4.09. The van der Waals surface area contributed by atoms with Crippen molar-refractivity contribution < 1.29 is 10.2 Å². The molecule has 0 unspecified atom stereocenters. The summed E-state index contributed by atoms with van der Waals surface area (Å²) < 4.78 is 0.931. The summed E-state index contributed by atoms with van der Waals surface area (Å²) in [5.74, 6) is 0.567. The van der Waals surface area contributed by atoms with Crippen molar-refractivity contribution in [1.29, 1.82) is 0 Å². The number of benzene rings is 2. The highest BCUT2D eigenvalue weighted by molar-refractivity contribution is 9.10. The van der Waals surface area contributed by atoms with E-state index >= 15 is 0 Å². The van der Waals surface area contributed by atoms with Gasteiger partial charge in [-0.25, -0.2) is 0 Å². The van der Waals surface area contributed by atoms with Crippen LogP contribution in [-0.2, 0) is 6.54 Å². The van der Waals surface area contributed by atoms with Crippen LogP contribution in [0.3, 0.4) is 0 Å². The molecule has 2 aromatic carbocycles. The Morgan fingerprint density at radius 2 is 1.74 bits per heavy atom. The number of nitrogens with one attached hydrogen (secondary N) is 1. The van der Waals surface area contributed by atoms with E-state index in [1.165, 1.54) is 0 Å². The Bertz CT molecular complexity index is 611. The largest absolute Gasteiger partial charge is 0.508 e. The van der Waals surface area contributed by atoms with E-state index in [-0.39, 0.29) is 5.75 Å². The lowest BCUT2D eigenvalue weighted by molar-refractivity contribution is 0.468. The zero-order valence-electron chi connectivity index (χ0n) is 10.9. The summed E-state index contributed by atoms with van der Waals surface area (Å²) in [5, 5.41) is 22.7. The molecule has 0 aliphatic carbocycles. The van der Waals surface area contributed by atoms with Gasteiger partial charge in [-0.2, -0.15) is 0 Å². The molecule has 0 aliphatic heterocycles. The van der Waals surface area contributed by atoms with Crippen molar-refractivity contribution in [3.63, 3.8) is 0 Å². The van der Waals surface area contributed by atoms with Crippen molar-refractivity contribution in [2.75, 3.05) is 5.32 Å². The molecule has 0 fully saturated rings. The minimum atomic E-state index is 0.267. The van der Waals surface area contributed by atoms with Crippen LogP contribution in [0, 0.1) is 13.8 Å². The van der Waals surface area contributed by atoms with E-state index in [1.807, 2.05) is 26.0 Å². The van der Waals surface area contributed by atoms with Crippen molar-refractivity contribution in [3.05, 3.63) is 51.5 Å². The number of halogens is 1. The molecule has 0 radical (unpaired) electrons. The van der Waals surface area contributed by atoms with E-state index in [0.29, 0.717) is 12.3 Å². The molecule has 3 N–H and O–H groups in total. The molecule has 0 saturated heterocycles. The molecule has 0 saturated carbocycles. The summed E-state index contributed by atoms with van der Waals surface area (Å²) in [7, 11) is 0. The lowest BCUT2D eigenvalue weighted by atomic mass is 10.1. The number of aromatic hydroxyl groups is 2. The molecule has 3 nitrogen and oxygen atoms in total. The van der Waals surface area contributed by atoms with Gasteiger partial charge in [-0.15, -0.1) is 0 Å². The smallest absolute Gasteiger partial charge is 0.120 e. The van der Waals surface area contributed by atoms with Gasteiger partial charge in [0, 0.05) is 22.3 Å². The van der Waals surface area contributed by atoms with E-state index in [4.69, 9.17) is 0 Å². The first-order valence-electron chi connectivity index (χ1n) is 5.99. The molecule has 0 bridgehead atoms. The monoisotopic (exact) mass is 321 g/mol. The summed E-state index contributed by atoms with van der Waals surface area (Å²) in [6.07, 6.45) is 0. The second-order valence-electron chi connectivity index (χ2n) is 4.58. The molecule has 19 heavy (non-hydrogen) atoms. The summed E-state index contributed by atoms with van der Waals surface area (Å²) in [5.41, 5.74) is 3.57. The van der Waals surface area contributed by atoms with Gasteiger partial charge in [0.15, 0.2) is 0 Å². The Hall–Kier alpha value is -1.68. The fraction of sp³-hybridized carbons (Fsp3) is 0.200. The topological polar surface area (TPSA) is 52.5 Å². The average molecular weight is 322 g/mol. The van der Waals surface area contributed by atoms with Crippen molar-refractivity contribution in [2.24, 2.45) is 0 Å². The summed E-state index contributed by atoms with van der Waals surface area (Å²) in [6.45, 7) is 4.31. The number of aryl methyl sites for hydroxylation is 2. The lowest BCUT2D eigenvalue weighted by Crippen LogP contribution is -2.02. The van der Waals surface area contributed by atoms with E-state index in [9.17, 15) is 10.2 Å². The van der Waals surface area contributed by atoms with Crippen LogP contribution < -0.4 is 5.32 Å². The van der Waals surface area contributed by atoms with Crippen molar-refractivity contribution in [2.45, 2.75) is 20.4 Å². The Morgan fingerprint density at radius 1 is 1.00 bits per heavy atom. The van der Waals surface area contributed by atoms with Crippen LogP contribution in [-0.4, -0.2) is 10.2 Å². The van der Waals surface area contributed by atoms with E-state index in [1.54, 1.807) is 18.2 Å². The molecule has 2 rings (SSSR count). The molecule has 100 valence electrons. The number of anilines is 1. The van der Waals surface area contributed by atoms with Gasteiger partial charge in [0.05, 0.1) is 0 Å². The van der Waals surface area contributed by atoms with Crippen LogP contribution in [0.15, 0.2) is 34.8 Å². The van der Waals surface area contributed by atoms with E-state index in [0.717, 1.165) is 26.9 Å². The maximum atomic E-state index is 9.78. The minimum absolute atomic E-state index is 0.267.